The van der Waals surface area contributed by atoms with Gasteiger partial charge in [-0.15, -0.1) is 0 Å². The summed E-state index contributed by atoms with van der Waals surface area (Å²) in [4.78, 5) is 35.5. The van der Waals surface area contributed by atoms with Gasteiger partial charge in [-0.05, 0) is 56.3 Å². The number of fused-ring (bicyclic) bond motifs is 1. The lowest BCUT2D eigenvalue weighted by molar-refractivity contribution is 0.0928. The molecule has 2 aromatic carbocycles. The molecule has 1 heterocycles. The van der Waals surface area contributed by atoms with Crippen molar-refractivity contribution in [3.63, 3.8) is 0 Å². The summed E-state index contributed by atoms with van der Waals surface area (Å²) in [6.45, 7) is 4.47. The first-order valence-electron chi connectivity index (χ1n) is 9.44. The predicted molar refractivity (Wildman–Crippen MR) is 114 cm³/mol. The minimum atomic E-state index is -0.212. The lowest BCUT2D eigenvalue weighted by Crippen LogP contribution is -2.34. The topological polar surface area (TPSA) is 87.2 Å². The number of anilines is 1. The van der Waals surface area contributed by atoms with Crippen molar-refractivity contribution in [1.82, 2.24) is 20.6 Å². The molecule has 0 spiro atoms. The summed E-state index contributed by atoms with van der Waals surface area (Å²) in [7, 11) is 3.89. The molecule has 29 heavy (non-hydrogen) atoms. The highest BCUT2D eigenvalue weighted by atomic mass is 16.2. The van der Waals surface area contributed by atoms with Crippen molar-refractivity contribution in [3.8, 4) is 0 Å². The summed E-state index contributed by atoms with van der Waals surface area (Å²) in [5.41, 5.74) is 5.30. The van der Waals surface area contributed by atoms with E-state index in [0.717, 1.165) is 22.6 Å². The molecule has 0 aliphatic rings. The summed E-state index contributed by atoms with van der Waals surface area (Å²) in [5.74, 6) is -0.382. The van der Waals surface area contributed by atoms with Gasteiger partial charge >= 0.3 is 0 Å². The van der Waals surface area contributed by atoms with E-state index in [2.05, 4.69) is 20.6 Å². The lowest BCUT2D eigenvalue weighted by Gasteiger charge is -2.12. The maximum Gasteiger partial charge on any atom is 0.251 e. The second kappa shape index (κ2) is 8.68. The molecule has 7 nitrogen and oxygen atoms in total. The largest absolute Gasteiger partial charge is 0.378 e. The summed E-state index contributed by atoms with van der Waals surface area (Å²) in [6, 6.07) is 12.6. The van der Waals surface area contributed by atoms with Crippen LogP contribution in [0.2, 0.25) is 0 Å². The number of nitrogens with zero attached hydrogens (tertiary/aromatic N) is 3. The van der Waals surface area contributed by atoms with Crippen molar-refractivity contribution in [2.24, 2.45) is 0 Å². The number of hydrogen-bond donors (Lipinski definition) is 2. The molecule has 0 bridgehead atoms. The SMILES string of the molecule is Cc1nc2ccc(C(=O)NCCNC(=O)c3ccc(N(C)C)cc3)cc2nc1C. The number of aromatic nitrogens is 2. The van der Waals surface area contributed by atoms with Crippen LogP contribution in [0.3, 0.4) is 0 Å². The van der Waals surface area contributed by atoms with Gasteiger partial charge in [0.25, 0.3) is 11.8 Å². The first-order chi connectivity index (χ1) is 13.8. The van der Waals surface area contributed by atoms with Crippen LogP contribution in [0.1, 0.15) is 32.1 Å². The fraction of sp³-hybridized carbons (Fsp3) is 0.273. The van der Waals surface area contributed by atoms with E-state index in [-0.39, 0.29) is 11.8 Å². The Hall–Kier alpha value is -3.48. The smallest absolute Gasteiger partial charge is 0.251 e. The molecule has 2 amide bonds. The number of rotatable bonds is 6. The minimum Gasteiger partial charge on any atom is -0.378 e. The quantitative estimate of drug-likeness (QED) is 0.631. The molecule has 3 aromatic rings. The summed E-state index contributed by atoms with van der Waals surface area (Å²) >= 11 is 0. The summed E-state index contributed by atoms with van der Waals surface area (Å²) in [5, 5.41) is 5.62. The van der Waals surface area contributed by atoms with E-state index in [1.807, 2.05) is 45.0 Å². The van der Waals surface area contributed by atoms with Gasteiger partial charge in [0.2, 0.25) is 0 Å². The van der Waals surface area contributed by atoms with Crippen LogP contribution in [0.15, 0.2) is 42.5 Å². The van der Waals surface area contributed by atoms with Crippen molar-refractivity contribution in [1.29, 1.82) is 0 Å². The van der Waals surface area contributed by atoms with Gasteiger partial charge in [-0.2, -0.15) is 0 Å². The van der Waals surface area contributed by atoms with Gasteiger partial charge in [0, 0.05) is 44.0 Å². The number of amides is 2. The normalized spacial score (nSPS) is 10.6. The van der Waals surface area contributed by atoms with Crippen LogP contribution in [0.4, 0.5) is 5.69 Å². The highest BCUT2D eigenvalue weighted by molar-refractivity contribution is 5.97. The van der Waals surface area contributed by atoms with Crippen LogP contribution in [0.5, 0.6) is 0 Å². The molecule has 0 radical (unpaired) electrons. The molecule has 1 aromatic heterocycles. The molecule has 0 fully saturated rings. The zero-order valence-corrected chi connectivity index (χ0v) is 17.1. The van der Waals surface area contributed by atoms with E-state index in [9.17, 15) is 9.59 Å². The Morgan fingerprint density at radius 3 is 1.90 bits per heavy atom. The van der Waals surface area contributed by atoms with Gasteiger partial charge in [-0.3, -0.25) is 9.59 Å². The number of aryl methyl sites for hydroxylation is 2. The van der Waals surface area contributed by atoms with E-state index in [4.69, 9.17) is 0 Å². The third-order valence-corrected chi connectivity index (χ3v) is 4.68. The maximum atomic E-state index is 12.4. The molecule has 0 aliphatic carbocycles. The van der Waals surface area contributed by atoms with Crippen molar-refractivity contribution < 1.29 is 9.59 Å². The molecular weight excluding hydrogens is 366 g/mol. The highest BCUT2D eigenvalue weighted by Gasteiger charge is 2.09. The standard InChI is InChI=1S/C22H25N5O2/c1-14-15(2)26-20-13-17(7-10-19(20)25-14)22(29)24-12-11-23-21(28)16-5-8-18(9-6-16)27(3)4/h5-10,13H,11-12H2,1-4H3,(H,23,28)(H,24,29). The van der Waals surface area contributed by atoms with E-state index >= 15 is 0 Å². The molecule has 7 heteroatoms. The fourth-order valence-corrected chi connectivity index (χ4v) is 2.84. The average Bonchev–Trinajstić information content (AvgIpc) is 2.71. The molecule has 3 rings (SSSR count). The summed E-state index contributed by atoms with van der Waals surface area (Å²) in [6.07, 6.45) is 0. The van der Waals surface area contributed by atoms with Gasteiger partial charge in [0.1, 0.15) is 0 Å². The Labute approximate surface area is 170 Å². The molecule has 150 valence electrons. The van der Waals surface area contributed by atoms with Crippen molar-refractivity contribution in [2.45, 2.75) is 13.8 Å². The Balaban J connectivity index is 1.52. The van der Waals surface area contributed by atoms with Gasteiger partial charge in [0.05, 0.1) is 22.4 Å². The fourth-order valence-electron chi connectivity index (χ4n) is 2.84. The molecule has 0 unspecified atom stereocenters. The third-order valence-electron chi connectivity index (χ3n) is 4.68. The predicted octanol–water partition coefficient (Wildman–Crippen LogP) is 2.47. The van der Waals surface area contributed by atoms with Gasteiger partial charge in [-0.1, -0.05) is 0 Å². The molecular formula is C22H25N5O2. The highest BCUT2D eigenvalue weighted by Crippen LogP contribution is 2.14. The first kappa shape index (κ1) is 20.3. The molecule has 0 aliphatic heterocycles. The zero-order valence-electron chi connectivity index (χ0n) is 17.1. The van der Waals surface area contributed by atoms with Gasteiger partial charge in [-0.25, -0.2) is 9.97 Å². The van der Waals surface area contributed by atoms with E-state index in [1.54, 1.807) is 30.3 Å². The van der Waals surface area contributed by atoms with Crippen LogP contribution in [0, 0.1) is 13.8 Å². The van der Waals surface area contributed by atoms with E-state index in [1.165, 1.54) is 0 Å². The lowest BCUT2D eigenvalue weighted by atomic mass is 10.1. The number of benzene rings is 2. The third kappa shape index (κ3) is 4.87. The zero-order chi connectivity index (χ0) is 21.0. The van der Waals surface area contributed by atoms with E-state index in [0.29, 0.717) is 29.7 Å². The second-order valence-electron chi connectivity index (χ2n) is 7.05. The van der Waals surface area contributed by atoms with Crippen LogP contribution >= 0.6 is 0 Å². The second-order valence-corrected chi connectivity index (χ2v) is 7.05. The number of hydrogen-bond acceptors (Lipinski definition) is 5. The number of nitrogens with one attached hydrogen (secondary N) is 2. The maximum absolute atomic E-state index is 12.4. The molecule has 2 N–H and O–H groups in total. The first-order valence-corrected chi connectivity index (χ1v) is 9.44. The van der Waals surface area contributed by atoms with E-state index < -0.39 is 0 Å². The van der Waals surface area contributed by atoms with Crippen LogP contribution in [-0.2, 0) is 0 Å². The molecule has 0 atom stereocenters. The minimum absolute atomic E-state index is 0.170. The Kier molecular flexibility index (Phi) is 6.07. The number of carbonyl (C=O) groups is 2. The average molecular weight is 391 g/mol. The monoisotopic (exact) mass is 391 g/mol. The van der Waals surface area contributed by atoms with Crippen molar-refractivity contribution in [2.75, 3.05) is 32.1 Å². The Morgan fingerprint density at radius 2 is 1.31 bits per heavy atom. The van der Waals surface area contributed by atoms with Crippen molar-refractivity contribution in [3.05, 3.63) is 65.0 Å². The summed E-state index contributed by atoms with van der Waals surface area (Å²) < 4.78 is 0. The van der Waals surface area contributed by atoms with Crippen LogP contribution in [0.25, 0.3) is 11.0 Å². The van der Waals surface area contributed by atoms with Crippen LogP contribution in [-0.4, -0.2) is 49.0 Å². The van der Waals surface area contributed by atoms with Crippen LogP contribution < -0.4 is 15.5 Å². The number of carbonyl (C=O) groups excluding carboxylic acids is 2. The molecule has 0 saturated carbocycles. The van der Waals surface area contributed by atoms with Crippen molar-refractivity contribution >= 4 is 28.5 Å². The van der Waals surface area contributed by atoms with Gasteiger partial charge < -0.3 is 15.5 Å². The molecule has 0 saturated heterocycles. The Morgan fingerprint density at radius 1 is 0.793 bits per heavy atom. The Bertz CT molecular complexity index is 1050. The van der Waals surface area contributed by atoms with Gasteiger partial charge in [0.15, 0.2) is 0 Å².